The van der Waals surface area contributed by atoms with Crippen LogP contribution in [0.5, 0.6) is 0 Å². The third-order valence-electron chi connectivity index (χ3n) is 3.53. The van der Waals surface area contributed by atoms with Crippen molar-refractivity contribution in [3.63, 3.8) is 0 Å². The number of amides is 1. The number of carboxylic acid groups (broad SMARTS) is 1. The monoisotopic (exact) mass is 343 g/mol. The Morgan fingerprint density at radius 2 is 2.15 bits per heavy atom. The van der Waals surface area contributed by atoms with Gasteiger partial charge < -0.3 is 10.4 Å². The van der Waals surface area contributed by atoms with E-state index in [0.717, 1.165) is 6.42 Å². The molecule has 0 saturated heterocycles. The van der Waals surface area contributed by atoms with Gasteiger partial charge in [-0.1, -0.05) is 12.5 Å². The predicted octanol–water partition coefficient (Wildman–Crippen LogP) is 2.50. The standard InChI is InChI=1S/C14H15BrFNO3/c15-10-5-4-8(6-11(10)16)7-13(18)17-12-3-1-2-9(12)14(19)20/h4-6,9,12H,1-3,7H2,(H,17,18)(H,19,20)/t9-,12+/m1/s1. The Morgan fingerprint density at radius 1 is 1.40 bits per heavy atom. The van der Waals surface area contributed by atoms with Crippen LogP contribution >= 0.6 is 15.9 Å². The van der Waals surface area contributed by atoms with E-state index in [2.05, 4.69) is 21.2 Å². The number of aliphatic carboxylic acids is 1. The highest BCUT2D eigenvalue weighted by Gasteiger charge is 2.33. The highest BCUT2D eigenvalue weighted by atomic mass is 79.9. The van der Waals surface area contributed by atoms with Crippen molar-refractivity contribution in [3.8, 4) is 0 Å². The highest BCUT2D eigenvalue weighted by Crippen LogP contribution is 2.26. The van der Waals surface area contributed by atoms with E-state index in [1.807, 2.05) is 0 Å². The fourth-order valence-corrected chi connectivity index (χ4v) is 2.77. The molecule has 0 spiro atoms. The van der Waals surface area contributed by atoms with Gasteiger partial charge in [-0.3, -0.25) is 9.59 Å². The summed E-state index contributed by atoms with van der Waals surface area (Å²) in [5.74, 6) is -2.08. The lowest BCUT2D eigenvalue weighted by Crippen LogP contribution is -2.40. The van der Waals surface area contributed by atoms with Crippen LogP contribution < -0.4 is 5.32 Å². The molecule has 2 rings (SSSR count). The van der Waals surface area contributed by atoms with Crippen molar-refractivity contribution in [2.75, 3.05) is 0 Å². The van der Waals surface area contributed by atoms with Gasteiger partial charge in [0, 0.05) is 6.04 Å². The summed E-state index contributed by atoms with van der Waals surface area (Å²) in [4.78, 5) is 22.9. The number of carbonyl (C=O) groups is 2. The van der Waals surface area contributed by atoms with Crippen LogP contribution in [-0.2, 0) is 16.0 Å². The fraction of sp³-hybridized carbons (Fsp3) is 0.429. The van der Waals surface area contributed by atoms with Crippen LogP contribution in [-0.4, -0.2) is 23.0 Å². The number of carbonyl (C=O) groups excluding carboxylic acids is 1. The normalized spacial score (nSPS) is 21.7. The zero-order valence-corrected chi connectivity index (χ0v) is 12.3. The van der Waals surface area contributed by atoms with Gasteiger partial charge in [-0.05, 0) is 46.5 Å². The molecule has 1 amide bonds. The summed E-state index contributed by atoms with van der Waals surface area (Å²) in [5, 5.41) is 11.8. The molecule has 0 aliphatic heterocycles. The minimum Gasteiger partial charge on any atom is -0.481 e. The van der Waals surface area contributed by atoms with Crippen LogP contribution in [0.2, 0.25) is 0 Å². The molecule has 0 bridgehead atoms. The third kappa shape index (κ3) is 3.56. The van der Waals surface area contributed by atoms with Gasteiger partial charge in [0.1, 0.15) is 5.82 Å². The lowest BCUT2D eigenvalue weighted by molar-refractivity contribution is -0.142. The molecule has 2 N–H and O–H groups in total. The Kier molecular flexibility index (Phi) is 4.75. The average Bonchev–Trinajstić information content (AvgIpc) is 2.82. The molecule has 20 heavy (non-hydrogen) atoms. The predicted molar refractivity (Wildman–Crippen MR) is 74.7 cm³/mol. The molecule has 0 unspecified atom stereocenters. The minimum atomic E-state index is -0.873. The Balaban J connectivity index is 1.95. The summed E-state index contributed by atoms with van der Waals surface area (Å²) in [6.45, 7) is 0. The van der Waals surface area contributed by atoms with Crippen molar-refractivity contribution >= 4 is 27.8 Å². The lowest BCUT2D eigenvalue weighted by Gasteiger charge is -2.17. The second kappa shape index (κ2) is 6.35. The molecule has 1 aliphatic carbocycles. The van der Waals surface area contributed by atoms with E-state index in [1.165, 1.54) is 6.07 Å². The summed E-state index contributed by atoms with van der Waals surface area (Å²) in [5.41, 5.74) is 0.563. The summed E-state index contributed by atoms with van der Waals surface area (Å²) in [6, 6.07) is 4.19. The molecule has 0 heterocycles. The van der Waals surface area contributed by atoms with Gasteiger partial charge in [0.05, 0.1) is 16.8 Å². The average molecular weight is 344 g/mol. The van der Waals surface area contributed by atoms with Crippen molar-refractivity contribution in [3.05, 3.63) is 34.1 Å². The van der Waals surface area contributed by atoms with E-state index in [1.54, 1.807) is 12.1 Å². The van der Waals surface area contributed by atoms with Crippen LogP contribution in [0.1, 0.15) is 24.8 Å². The summed E-state index contributed by atoms with van der Waals surface area (Å²) >= 11 is 3.05. The van der Waals surface area contributed by atoms with Gasteiger partial charge in [0.2, 0.25) is 5.91 Å². The van der Waals surface area contributed by atoms with Crippen LogP contribution in [0.3, 0.4) is 0 Å². The maximum absolute atomic E-state index is 13.3. The first kappa shape index (κ1) is 15.0. The van der Waals surface area contributed by atoms with Gasteiger partial charge in [-0.25, -0.2) is 4.39 Å². The molecule has 1 aromatic carbocycles. The molecule has 4 nitrogen and oxygen atoms in total. The van der Waals surface area contributed by atoms with Crippen molar-refractivity contribution < 1.29 is 19.1 Å². The Labute approximate surface area is 124 Å². The summed E-state index contributed by atoms with van der Waals surface area (Å²) in [6.07, 6.45) is 2.12. The maximum Gasteiger partial charge on any atom is 0.308 e. The van der Waals surface area contributed by atoms with E-state index >= 15 is 0 Å². The van der Waals surface area contributed by atoms with Gasteiger partial charge >= 0.3 is 5.97 Å². The third-order valence-corrected chi connectivity index (χ3v) is 4.17. The number of rotatable bonds is 4. The van der Waals surface area contributed by atoms with E-state index < -0.39 is 17.7 Å². The van der Waals surface area contributed by atoms with E-state index in [0.29, 0.717) is 22.9 Å². The molecule has 2 atom stereocenters. The largest absolute Gasteiger partial charge is 0.481 e. The number of halogens is 2. The molecule has 0 aromatic heterocycles. The second-order valence-corrected chi connectivity index (χ2v) is 5.83. The zero-order valence-electron chi connectivity index (χ0n) is 10.7. The quantitative estimate of drug-likeness (QED) is 0.882. The number of hydrogen-bond donors (Lipinski definition) is 2. The number of hydrogen-bond acceptors (Lipinski definition) is 2. The van der Waals surface area contributed by atoms with Gasteiger partial charge in [-0.2, -0.15) is 0 Å². The van der Waals surface area contributed by atoms with Crippen LogP contribution in [0.25, 0.3) is 0 Å². The Hall–Kier alpha value is -1.43. The molecular formula is C14H15BrFNO3. The van der Waals surface area contributed by atoms with Gasteiger partial charge in [0.25, 0.3) is 0 Å². The smallest absolute Gasteiger partial charge is 0.308 e. The summed E-state index contributed by atoms with van der Waals surface area (Å²) in [7, 11) is 0. The van der Waals surface area contributed by atoms with E-state index in [9.17, 15) is 14.0 Å². The lowest BCUT2D eigenvalue weighted by atomic mass is 10.0. The van der Waals surface area contributed by atoms with Crippen molar-refractivity contribution in [1.29, 1.82) is 0 Å². The molecule has 108 valence electrons. The number of carboxylic acids is 1. The van der Waals surface area contributed by atoms with Crippen molar-refractivity contribution in [2.24, 2.45) is 5.92 Å². The fourth-order valence-electron chi connectivity index (χ4n) is 2.52. The number of nitrogens with one attached hydrogen (secondary N) is 1. The SMILES string of the molecule is O=C(Cc1ccc(Br)c(F)c1)N[C@H]1CCC[C@H]1C(=O)O. The maximum atomic E-state index is 13.3. The molecule has 1 fully saturated rings. The first-order valence-electron chi connectivity index (χ1n) is 6.43. The molecule has 1 saturated carbocycles. The molecule has 6 heteroatoms. The minimum absolute atomic E-state index is 0.0486. The zero-order chi connectivity index (χ0) is 14.7. The van der Waals surface area contributed by atoms with Crippen molar-refractivity contribution in [2.45, 2.75) is 31.7 Å². The first-order valence-corrected chi connectivity index (χ1v) is 7.23. The van der Waals surface area contributed by atoms with Crippen molar-refractivity contribution in [1.82, 2.24) is 5.32 Å². The molecule has 0 radical (unpaired) electrons. The Morgan fingerprint density at radius 3 is 2.80 bits per heavy atom. The van der Waals surface area contributed by atoms with Crippen LogP contribution in [0, 0.1) is 11.7 Å². The topological polar surface area (TPSA) is 66.4 Å². The van der Waals surface area contributed by atoms with Gasteiger partial charge in [-0.15, -0.1) is 0 Å². The molecule has 1 aromatic rings. The highest BCUT2D eigenvalue weighted by molar-refractivity contribution is 9.10. The van der Waals surface area contributed by atoms with Crippen LogP contribution in [0.4, 0.5) is 4.39 Å². The van der Waals surface area contributed by atoms with Crippen LogP contribution in [0.15, 0.2) is 22.7 Å². The van der Waals surface area contributed by atoms with E-state index in [-0.39, 0.29) is 18.4 Å². The number of benzene rings is 1. The second-order valence-electron chi connectivity index (χ2n) is 4.97. The van der Waals surface area contributed by atoms with E-state index in [4.69, 9.17) is 5.11 Å². The summed E-state index contributed by atoms with van der Waals surface area (Å²) < 4.78 is 13.7. The molecule has 1 aliphatic rings. The van der Waals surface area contributed by atoms with Gasteiger partial charge in [0.15, 0.2) is 0 Å². The molecular weight excluding hydrogens is 329 g/mol. The first-order chi connectivity index (χ1) is 9.47. The Bertz CT molecular complexity index is 535.